The number of nitrogens with zero attached hydrogens (tertiary/aromatic N) is 3. The van der Waals surface area contributed by atoms with Crippen LogP contribution in [0.5, 0.6) is 0 Å². The molecule has 1 saturated carbocycles. The molecule has 28 heavy (non-hydrogen) atoms. The molecule has 2 aromatic rings. The first kappa shape index (κ1) is 18.3. The van der Waals surface area contributed by atoms with Crippen molar-refractivity contribution in [3.05, 3.63) is 35.2 Å². The average molecular weight is 392 g/mol. The van der Waals surface area contributed by atoms with Crippen LogP contribution in [0.1, 0.15) is 53.9 Å². The molecular formula is C18H18F2N4O4. The third-order valence-electron chi connectivity index (χ3n) is 5.25. The molecule has 0 bridgehead atoms. The van der Waals surface area contributed by atoms with Crippen LogP contribution in [0.3, 0.4) is 0 Å². The monoisotopic (exact) mass is 392 g/mol. The summed E-state index contributed by atoms with van der Waals surface area (Å²) in [7, 11) is 0. The second-order valence-electron chi connectivity index (χ2n) is 6.96. The van der Waals surface area contributed by atoms with E-state index in [2.05, 4.69) is 15.5 Å². The SMILES string of the molecule is O=C(O)N[C@H]1CCCC[C@H]1N1Cc2ccc(-c3nnc(C(F)F)o3)cc2C1=O. The molecular weight excluding hydrogens is 374 g/mol. The van der Waals surface area contributed by atoms with Crippen molar-refractivity contribution in [3.8, 4) is 11.5 Å². The highest BCUT2D eigenvalue weighted by atomic mass is 19.3. The number of nitrogens with one attached hydrogen (secondary N) is 1. The standard InChI is InChI=1S/C18H18F2N4O4/c19-14(20)16-23-22-15(28-16)9-5-6-10-8-24(17(25)11(10)7-9)13-4-2-1-3-12(13)21-18(26)27/h5-7,12-14,21H,1-4,8H2,(H,26,27)/t12-,13+/m0/s1. The number of hydrogen-bond donors (Lipinski definition) is 2. The quantitative estimate of drug-likeness (QED) is 0.827. The van der Waals surface area contributed by atoms with E-state index in [-0.39, 0.29) is 23.9 Å². The van der Waals surface area contributed by atoms with Crippen molar-refractivity contribution < 1.29 is 27.9 Å². The fraction of sp³-hybridized carbons (Fsp3) is 0.444. The molecule has 2 amide bonds. The number of hydrogen-bond acceptors (Lipinski definition) is 5. The number of amides is 2. The number of aromatic nitrogens is 2. The first-order valence-corrected chi connectivity index (χ1v) is 8.99. The maximum Gasteiger partial charge on any atom is 0.404 e. The third-order valence-corrected chi connectivity index (χ3v) is 5.25. The van der Waals surface area contributed by atoms with Gasteiger partial charge in [0, 0.05) is 17.7 Å². The fourth-order valence-electron chi connectivity index (χ4n) is 3.98. The number of benzene rings is 1. The van der Waals surface area contributed by atoms with Crippen molar-refractivity contribution in [1.82, 2.24) is 20.4 Å². The van der Waals surface area contributed by atoms with Gasteiger partial charge in [-0.05, 0) is 30.5 Å². The highest BCUT2D eigenvalue weighted by Crippen LogP contribution is 2.33. The number of carboxylic acid groups (broad SMARTS) is 1. The molecule has 0 spiro atoms. The summed E-state index contributed by atoms with van der Waals surface area (Å²) >= 11 is 0. The lowest BCUT2D eigenvalue weighted by molar-refractivity contribution is 0.0601. The summed E-state index contributed by atoms with van der Waals surface area (Å²) in [5, 5.41) is 18.5. The zero-order valence-corrected chi connectivity index (χ0v) is 14.8. The first-order valence-electron chi connectivity index (χ1n) is 8.99. The maximum absolute atomic E-state index is 13.0. The van der Waals surface area contributed by atoms with Crippen LogP contribution in [-0.2, 0) is 6.54 Å². The normalized spacial score (nSPS) is 21.8. The van der Waals surface area contributed by atoms with Crippen LogP contribution >= 0.6 is 0 Å². The van der Waals surface area contributed by atoms with E-state index in [0.717, 1.165) is 24.8 Å². The lowest BCUT2D eigenvalue weighted by Crippen LogP contribution is -2.53. The van der Waals surface area contributed by atoms with Crippen molar-refractivity contribution in [2.24, 2.45) is 0 Å². The van der Waals surface area contributed by atoms with Gasteiger partial charge in [-0.2, -0.15) is 8.78 Å². The third kappa shape index (κ3) is 3.30. The number of carbonyl (C=O) groups is 2. The molecule has 1 fully saturated rings. The molecule has 2 atom stereocenters. The van der Waals surface area contributed by atoms with Gasteiger partial charge in [0.05, 0.1) is 12.1 Å². The Morgan fingerprint density at radius 3 is 2.79 bits per heavy atom. The molecule has 0 saturated heterocycles. The summed E-state index contributed by atoms with van der Waals surface area (Å²) in [5.74, 6) is -1.06. The molecule has 10 heteroatoms. The Hall–Kier alpha value is -3.04. The van der Waals surface area contributed by atoms with Crippen LogP contribution in [0.2, 0.25) is 0 Å². The van der Waals surface area contributed by atoms with Crippen molar-refractivity contribution in [3.63, 3.8) is 0 Å². The molecule has 0 unspecified atom stereocenters. The Morgan fingerprint density at radius 2 is 2.07 bits per heavy atom. The lowest BCUT2D eigenvalue weighted by atomic mass is 9.89. The minimum Gasteiger partial charge on any atom is -0.465 e. The van der Waals surface area contributed by atoms with E-state index in [0.29, 0.717) is 24.1 Å². The minimum atomic E-state index is -2.86. The van der Waals surface area contributed by atoms with Gasteiger partial charge >= 0.3 is 12.5 Å². The van der Waals surface area contributed by atoms with Gasteiger partial charge in [-0.15, -0.1) is 10.2 Å². The van der Waals surface area contributed by atoms with Gasteiger partial charge in [0.1, 0.15) is 0 Å². The van der Waals surface area contributed by atoms with E-state index in [1.165, 1.54) is 0 Å². The van der Waals surface area contributed by atoms with E-state index < -0.39 is 18.4 Å². The number of halogens is 2. The fourth-order valence-corrected chi connectivity index (χ4v) is 3.98. The van der Waals surface area contributed by atoms with E-state index in [4.69, 9.17) is 9.52 Å². The van der Waals surface area contributed by atoms with Crippen LogP contribution in [0.4, 0.5) is 13.6 Å². The minimum absolute atomic E-state index is 0.0764. The first-order chi connectivity index (χ1) is 13.4. The Kier molecular flexibility index (Phi) is 4.70. The molecule has 2 heterocycles. The van der Waals surface area contributed by atoms with Crippen molar-refractivity contribution in [2.45, 2.75) is 50.7 Å². The second-order valence-corrected chi connectivity index (χ2v) is 6.96. The van der Waals surface area contributed by atoms with Crippen molar-refractivity contribution in [2.75, 3.05) is 0 Å². The zero-order valence-electron chi connectivity index (χ0n) is 14.8. The van der Waals surface area contributed by atoms with Gasteiger partial charge in [-0.3, -0.25) is 4.79 Å². The predicted molar refractivity (Wildman–Crippen MR) is 91.8 cm³/mol. The summed E-state index contributed by atoms with van der Waals surface area (Å²) in [6.07, 6.45) is -0.733. The Labute approximate surface area is 158 Å². The van der Waals surface area contributed by atoms with E-state index in [9.17, 15) is 18.4 Å². The Morgan fingerprint density at radius 1 is 1.29 bits per heavy atom. The van der Waals surface area contributed by atoms with Crippen LogP contribution < -0.4 is 5.32 Å². The highest BCUT2D eigenvalue weighted by Gasteiger charge is 2.38. The molecule has 8 nitrogen and oxygen atoms in total. The van der Waals surface area contributed by atoms with Gasteiger partial charge in [0.2, 0.25) is 5.89 Å². The summed E-state index contributed by atoms with van der Waals surface area (Å²) in [6, 6.07) is 4.41. The highest BCUT2D eigenvalue weighted by molar-refractivity contribution is 5.99. The van der Waals surface area contributed by atoms with Gasteiger partial charge < -0.3 is 19.7 Å². The summed E-state index contributed by atoms with van der Waals surface area (Å²) in [4.78, 5) is 25.8. The molecule has 1 aromatic heterocycles. The Bertz CT molecular complexity index is 917. The van der Waals surface area contributed by atoms with Crippen LogP contribution in [-0.4, -0.2) is 44.3 Å². The average Bonchev–Trinajstić information content (AvgIpc) is 3.27. The van der Waals surface area contributed by atoms with E-state index in [1.54, 1.807) is 23.1 Å². The van der Waals surface area contributed by atoms with Crippen LogP contribution in [0.15, 0.2) is 22.6 Å². The molecule has 1 aliphatic heterocycles. The predicted octanol–water partition coefficient (Wildman–Crippen LogP) is 3.21. The van der Waals surface area contributed by atoms with Crippen LogP contribution in [0, 0.1) is 0 Å². The number of alkyl halides is 2. The van der Waals surface area contributed by atoms with Gasteiger partial charge in [-0.25, -0.2) is 4.79 Å². The van der Waals surface area contributed by atoms with Gasteiger partial charge in [-0.1, -0.05) is 18.9 Å². The molecule has 1 aliphatic carbocycles. The molecule has 0 radical (unpaired) electrons. The van der Waals surface area contributed by atoms with Crippen LogP contribution in [0.25, 0.3) is 11.5 Å². The molecule has 2 aliphatic rings. The number of rotatable bonds is 4. The molecule has 1 aromatic carbocycles. The smallest absolute Gasteiger partial charge is 0.404 e. The van der Waals surface area contributed by atoms with E-state index in [1.807, 2.05) is 0 Å². The maximum atomic E-state index is 13.0. The summed E-state index contributed by atoms with van der Waals surface area (Å²) in [5.41, 5.74) is 1.62. The second kappa shape index (κ2) is 7.17. The summed E-state index contributed by atoms with van der Waals surface area (Å²) in [6.45, 7) is 0.378. The van der Waals surface area contributed by atoms with Crippen molar-refractivity contribution >= 4 is 12.0 Å². The largest absolute Gasteiger partial charge is 0.465 e. The Balaban J connectivity index is 1.58. The van der Waals surface area contributed by atoms with E-state index >= 15 is 0 Å². The number of fused-ring (bicyclic) bond motifs is 1. The van der Waals surface area contributed by atoms with Gasteiger partial charge in [0.25, 0.3) is 11.8 Å². The molecule has 2 N–H and O–H groups in total. The molecule has 4 rings (SSSR count). The topological polar surface area (TPSA) is 109 Å². The molecule has 148 valence electrons. The lowest BCUT2D eigenvalue weighted by Gasteiger charge is -2.37. The summed E-state index contributed by atoms with van der Waals surface area (Å²) < 4.78 is 30.3. The number of carbonyl (C=O) groups excluding carboxylic acids is 1. The van der Waals surface area contributed by atoms with Crippen molar-refractivity contribution in [1.29, 1.82) is 0 Å². The zero-order chi connectivity index (χ0) is 19.8. The van der Waals surface area contributed by atoms with Gasteiger partial charge in [0.15, 0.2) is 0 Å².